The van der Waals surface area contributed by atoms with Crippen molar-refractivity contribution in [2.24, 2.45) is 5.92 Å². The summed E-state index contributed by atoms with van der Waals surface area (Å²) in [5, 5.41) is 0. The van der Waals surface area contributed by atoms with Crippen LogP contribution < -0.4 is 0 Å². The molecule has 0 spiro atoms. The van der Waals surface area contributed by atoms with Crippen LogP contribution in [0.4, 0.5) is 0 Å². The molecule has 1 atom stereocenters. The van der Waals surface area contributed by atoms with Crippen molar-refractivity contribution in [2.75, 3.05) is 13.2 Å². The molecule has 0 rings (SSSR count). The van der Waals surface area contributed by atoms with Crippen molar-refractivity contribution in [3.8, 4) is 0 Å². The zero-order chi connectivity index (χ0) is 41.0. The maximum absolute atomic E-state index is 12.7. The molecule has 6 heteroatoms. The van der Waals surface area contributed by atoms with Crippen LogP contribution in [0.2, 0.25) is 0 Å². The van der Waals surface area contributed by atoms with Gasteiger partial charge in [0.25, 0.3) is 0 Å². The van der Waals surface area contributed by atoms with Gasteiger partial charge in [0.2, 0.25) is 0 Å². The van der Waals surface area contributed by atoms with Gasteiger partial charge in [-0.15, -0.1) is 0 Å². The van der Waals surface area contributed by atoms with Crippen LogP contribution in [0.25, 0.3) is 0 Å². The molecule has 0 heterocycles. The highest BCUT2D eigenvalue weighted by Crippen LogP contribution is 2.17. The van der Waals surface area contributed by atoms with E-state index in [4.69, 9.17) is 14.2 Å². The van der Waals surface area contributed by atoms with Gasteiger partial charge in [-0.3, -0.25) is 14.4 Å². The summed E-state index contributed by atoms with van der Waals surface area (Å²) < 4.78 is 16.8. The van der Waals surface area contributed by atoms with Gasteiger partial charge in [-0.2, -0.15) is 0 Å². The molecule has 0 aliphatic heterocycles. The number of hydrogen-bond acceptors (Lipinski definition) is 6. The lowest BCUT2D eigenvalue weighted by Gasteiger charge is -2.18. The van der Waals surface area contributed by atoms with E-state index in [0.29, 0.717) is 19.3 Å². The summed E-state index contributed by atoms with van der Waals surface area (Å²) in [4.78, 5) is 37.8. The second kappa shape index (κ2) is 44.5. The lowest BCUT2D eigenvalue weighted by Crippen LogP contribution is -2.30. The van der Waals surface area contributed by atoms with Crippen molar-refractivity contribution in [3.63, 3.8) is 0 Å². The number of hydrogen-bond donors (Lipinski definition) is 0. The standard InChI is InChI=1S/C50H96O6/c1-5-7-9-11-13-15-17-19-21-23-25-27-29-35-39-43-50(53)56-47(45-55-49(52)42-38-34-31-30-32-36-40-46(3)4)44-54-48(51)41-37-33-28-26-24-22-20-18-16-14-12-10-8-6-2/h46-47H,5-45H2,1-4H3/t47-/m1/s1. The van der Waals surface area contributed by atoms with E-state index in [1.54, 1.807) is 0 Å². The van der Waals surface area contributed by atoms with E-state index >= 15 is 0 Å². The fourth-order valence-electron chi connectivity index (χ4n) is 7.51. The minimum absolute atomic E-state index is 0.0638. The maximum atomic E-state index is 12.7. The third-order valence-electron chi connectivity index (χ3n) is 11.3. The first kappa shape index (κ1) is 54.4. The van der Waals surface area contributed by atoms with E-state index in [0.717, 1.165) is 63.7 Å². The number of carbonyl (C=O) groups excluding carboxylic acids is 3. The highest BCUT2D eigenvalue weighted by molar-refractivity contribution is 5.71. The average Bonchev–Trinajstić information content (AvgIpc) is 3.18. The lowest BCUT2D eigenvalue weighted by atomic mass is 10.0. The Morgan fingerprint density at radius 1 is 0.339 bits per heavy atom. The first-order valence-electron chi connectivity index (χ1n) is 24.9. The zero-order valence-corrected chi connectivity index (χ0v) is 38.1. The summed E-state index contributed by atoms with van der Waals surface area (Å²) in [5.41, 5.74) is 0. The molecular weight excluding hydrogens is 697 g/mol. The highest BCUT2D eigenvalue weighted by atomic mass is 16.6. The number of carbonyl (C=O) groups is 3. The minimum atomic E-state index is -0.760. The SMILES string of the molecule is CCCCCCCCCCCCCCCCCC(=O)O[C@H](COC(=O)CCCCCCCCCCCCCCCC)COC(=O)CCCCCCCCC(C)C. The predicted octanol–water partition coefficient (Wildman–Crippen LogP) is 15.9. The predicted molar refractivity (Wildman–Crippen MR) is 238 cm³/mol. The van der Waals surface area contributed by atoms with Gasteiger partial charge in [0.1, 0.15) is 13.2 Å². The third-order valence-corrected chi connectivity index (χ3v) is 11.3. The summed E-state index contributed by atoms with van der Waals surface area (Å²) >= 11 is 0. The molecule has 0 aliphatic carbocycles. The van der Waals surface area contributed by atoms with Crippen LogP contribution in [0.15, 0.2) is 0 Å². The summed E-state index contributed by atoms with van der Waals surface area (Å²) in [6.07, 6.45) is 45.3. The normalized spacial score (nSPS) is 11.9. The summed E-state index contributed by atoms with van der Waals surface area (Å²) in [5.74, 6) is -0.0883. The van der Waals surface area contributed by atoms with E-state index in [1.807, 2.05) is 0 Å². The quantitative estimate of drug-likeness (QED) is 0.0347. The van der Waals surface area contributed by atoms with Gasteiger partial charge in [-0.25, -0.2) is 0 Å². The monoisotopic (exact) mass is 793 g/mol. The molecule has 0 saturated heterocycles. The average molecular weight is 793 g/mol. The van der Waals surface area contributed by atoms with E-state index < -0.39 is 6.10 Å². The Morgan fingerprint density at radius 2 is 0.589 bits per heavy atom. The van der Waals surface area contributed by atoms with Crippen LogP contribution in [0.1, 0.15) is 278 Å². The van der Waals surface area contributed by atoms with Crippen molar-refractivity contribution in [3.05, 3.63) is 0 Å². The van der Waals surface area contributed by atoms with Gasteiger partial charge in [-0.1, -0.05) is 240 Å². The van der Waals surface area contributed by atoms with Crippen LogP contribution in [0.5, 0.6) is 0 Å². The molecule has 0 fully saturated rings. The molecule has 332 valence electrons. The molecule has 0 saturated carbocycles. The van der Waals surface area contributed by atoms with E-state index in [2.05, 4.69) is 27.7 Å². The molecule has 0 aromatic rings. The molecule has 0 radical (unpaired) electrons. The number of ether oxygens (including phenoxy) is 3. The fourth-order valence-corrected chi connectivity index (χ4v) is 7.51. The first-order valence-corrected chi connectivity index (χ1v) is 24.9. The van der Waals surface area contributed by atoms with Crippen LogP contribution in [0, 0.1) is 5.92 Å². The molecular formula is C50H96O6. The number of rotatable bonds is 45. The van der Waals surface area contributed by atoms with Gasteiger partial charge in [0, 0.05) is 19.3 Å². The Kier molecular flexibility index (Phi) is 43.2. The molecule has 6 nitrogen and oxygen atoms in total. The highest BCUT2D eigenvalue weighted by Gasteiger charge is 2.19. The van der Waals surface area contributed by atoms with Gasteiger partial charge in [-0.05, 0) is 25.2 Å². The Labute approximate surface area is 348 Å². The minimum Gasteiger partial charge on any atom is -0.462 e. The lowest BCUT2D eigenvalue weighted by molar-refractivity contribution is -0.167. The first-order chi connectivity index (χ1) is 27.4. The van der Waals surface area contributed by atoms with Crippen molar-refractivity contribution >= 4 is 17.9 Å². The van der Waals surface area contributed by atoms with Crippen LogP contribution in [0.3, 0.4) is 0 Å². The molecule has 0 aromatic carbocycles. The summed E-state index contributed by atoms with van der Waals surface area (Å²) in [7, 11) is 0. The van der Waals surface area contributed by atoms with Crippen LogP contribution >= 0.6 is 0 Å². The second-order valence-corrected chi connectivity index (χ2v) is 17.6. The number of esters is 3. The molecule has 0 bridgehead atoms. The fraction of sp³-hybridized carbons (Fsp3) is 0.940. The van der Waals surface area contributed by atoms with Gasteiger partial charge < -0.3 is 14.2 Å². The third kappa shape index (κ3) is 43.5. The van der Waals surface area contributed by atoms with E-state index in [1.165, 1.54) is 173 Å². The molecule has 56 heavy (non-hydrogen) atoms. The Hall–Kier alpha value is -1.59. The Bertz CT molecular complexity index is 841. The second-order valence-electron chi connectivity index (χ2n) is 17.6. The Balaban J connectivity index is 4.28. The maximum Gasteiger partial charge on any atom is 0.306 e. The molecule has 0 N–H and O–H groups in total. The molecule has 0 amide bonds. The van der Waals surface area contributed by atoms with Gasteiger partial charge >= 0.3 is 17.9 Å². The van der Waals surface area contributed by atoms with Crippen LogP contribution in [-0.4, -0.2) is 37.2 Å². The number of unbranched alkanes of at least 4 members (excludes halogenated alkanes) is 32. The van der Waals surface area contributed by atoms with E-state index in [9.17, 15) is 14.4 Å². The summed E-state index contributed by atoms with van der Waals surface area (Å²) in [6, 6.07) is 0. The smallest absolute Gasteiger partial charge is 0.306 e. The van der Waals surface area contributed by atoms with Gasteiger partial charge in [0.05, 0.1) is 0 Å². The zero-order valence-electron chi connectivity index (χ0n) is 38.1. The van der Waals surface area contributed by atoms with Crippen LogP contribution in [-0.2, 0) is 28.6 Å². The van der Waals surface area contributed by atoms with Crippen molar-refractivity contribution in [1.82, 2.24) is 0 Å². The molecule has 0 aliphatic rings. The Morgan fingerprint density at radius 3 is 0.875 bits per heavy atom. The van der Waals surface area contributed by atoms with Crippen molar-refractivity contribution in [2.45, 2.75) is 284 Å². The molecule has 0 unspecified atom stereocenters. The molecule has 0 aromatic heterocycles. The van der Waals surface area contributed by atoms with Gasteiger partial charge in [0.15, 0.2) is 6.10 Å². The largest absolute Gasteiger partial charge is 0.462 e. The van der Waals surface area contributed by atoms with Crippen molar-refractivity contribution in [1.29, 1.82) is 0 Å². The van der Waals surface area contributed by atoms with E-state index in [-0.39, 0.29) is 31.1 Å². The van der Waals surface area contributed by atoms with Crippen molar-refractivity contribution < 1.29 is 28.6 Å². The summed E-state index contributed by atoms with van der Waals surface area (Å²) in [6.45, 7) is 8.95. The topological polar surface area (TPSA) is 78.9 Å².